The van der Waals surface area contributed by atoms with Gasteiger partial charge in [-0.25, -0.2) is 23.1 Å². The SMILES string of the molecule is CCCCc1nc2c(N)nc3ccccc3c2n1CCOCCNS(=O)(=O)c1ccc(OC)cc1. The number of fused-ring (bicyclic) bond motifs is 3. The van der Waals surface area contributed by atoms with Crippen molar-refractivity contribution in [2.45, 2.75) is 37.6 Å². The van der Waals surface area contributed by atoms with Gasteiger partial charge in [-0.2, -0.15) is 0 Å². The average Bonchev–Trinajstić information content (AvgIpc) is 3.24. The normalized spacial score (nSPS) is 11.9. The van der Waals surface area contributed by atoms with Crippen LogP contribution in [0, 0.1) is 0 Å². The van der Waals surface area contributed by atoms with Crippen LogP contribution in [0.3, 0.4) is 0 Å². The van der Waals surface area contributed by atoms with Crippen molar-refractivity contribution in [3.05, 3.63) is 54.4 Å². The monoisotopic (exact) mass is 497 g/mol. The summed E-state index contributed by atoms with van der Waals surface area (Å²) in [6.07, 6.45) is 2.91. The molecule has 186 valence electrons. The van der Waals surface area contributed by atoms with Crippen molar-refractivity contribution in [2.75, 3.05) is 32.6 Å². The summed E-state index contributed by atoms with van der Waals surface area (Å²) in [5, 5.41) is 0.999. The fraction of sp³-hybridized carbons (Fsp3) is 0.360. The molecule has 4 rings (SSSR count). The molecule has 3 N–H and O–H groups in total. The van der Waals surface area contributed by atoms with Crippen LogP contribution in [0.2, 0.25) is 0 Å². The van der Waals surface area contributed by atoms with Crippen LogP contribution in [0.5, 0.6) is 5.75 Å². The second kappa shape index (κ2) is 11.0. The van der Waals surface area contributed by atoms with E-state index in [9.17, 15) is 8.42 Å². The van der Waals surface area contributed by atoms with Crippen LogP contribution in [0.4, 0.5) is 5.82 Å². The Labute approximate surface area is 205 Å². The fourth-order valence-electron chi connectivity index (χ4n) is 4.02. The second-order valence-corrected chi connectivity index (χ2v) is 9.95. The maximum absolute atomic E-state index is 12.5. The summed E-state index contributed by atoms with van der Waals surface area (Å²) < 4.78 is 40.5. The van der Waals surface area contributed by atoms with Gasteiger partial charge in [0.2, 0.25) is 10.0 Å². The van der Waals surface area contributed by atoms with Crippen molar-refractivity contribution < 1.29 is 17.9 Å². The number of hydrogen-bond acceptors (Lipinski definition) is 7. The molecule has 0 spiro atoms. The van der Waals surface area contributed by atoms with Crippen molar-refractivity contribution in [1.82, 2.24) is 19.3 Å². The van der Waals surface area contributed by atoms with Crippen LogP contribution >= 0.6 is 0 Å². The number of ether oxygens (including phenoxy) is 2. The number of methoxy groups -OCH3 is 1. The highest BCUT2D eigenvalue weighted by Crippen LogP contribution is 2.29. The van der Waals surface area contributed by atoms with Crippen LogP contribution in [0.1, 0.15) is 25.6 Å². The number of anilines is 1. The molecular formula is C25H31N5O4S. The van der Waals surface area contributed by atoms with Gasteiger partial charge in [-0.3, -0.25) is 0 Å². The fourth-order valence-corrected chi connectivity index (χ4v) is 5.03. The van der Waals surface area contributed by atoms with Crippen LogP contribution in [-0.4, -0.2) is 49.8 Å². The molecule has 2 aromatic heterocycles. The van der Waals surface area contributed by atoms with Gasteiger partial charge < -0.3 is 19.8 Å². The van der Waals surface area contributed by atoms with Gasteiger partial charge in [-0.15, -0.1) is 0 Å². The molecule has 0 aliphatic rings. The Hall–Kier alpha value is -3.21. The molecule has 0 saturated carbocycles. The maximum atomic E-state index is 12.5. The number of aryl methyl sites for hydroxylation is 1. The zero-order chi connectivity index (χ0) is 24.8. The molecule has 2 heterocycles. The Kier molecular flexibility index (Phi) is 7.84. The summed E-state index contributed by atoms with van der Waals surface area (Å²) >= 11 is 0. The Bertz CT molecular complexity index is 1400. The molecule has 35 heavy (non-hydrogen) atoms. The first-order valence-corrected chi connectivity index (χ1v) is 13.2. The summed E-state index contributed by atoms with van der Waals surface area (Å²) in [5.41, 5.74) is 8.74. The Morgan fingerprint density at radius 1 is 1.06 bits per heavy atom. The van der Waals surface area contributed by atoms with Crippen LogP contribution in [-0.2, 0) is 27.7 Å². The molecule has 0 fully saturated rings. The number of benzene rings is 2. The van der Waals surface area contributed by atoms with E-state index >= 15 is 0 Å². The number of para-hydroxylation sites is 1. The Morgan fingerprint density at radius 3 is 2.57 bits per heavy atom. The molecule has 0 unspecified atom stereocenters. The van der Waals surface area contributed by atoms with Gasteiger partial charge in [0.15, 0.2) is 5.82 Å². The molecule has 4 aromatic rings. The molecule has 2 aromatic carbocycles. The van der Waals surface area contributed by atoms with Crippen molar-refractivity contribution >= 4 is 37.8 Å². The number of aromatic nitrogens is 3. The predicted molar refractivity (Wildman–Crippen MR) is 137 cm³/mol. The molecule has 0 amide bonds. The van der Waals surface area contributed by atoms with Gasteiger partial charge in [0, 0.05) is 24.9 Å². The molecule has 0 radical (unpaired) electrons. The molecule has 0 aliphatic carbocycles. The van der Waals surface area contributed by atoms with Gasteiger partial charge in [-0.05, 0) is 36.8 Å². The van der Waals surface area contributed by atoms with E-state index in [1.165, 1.54) is 19.2 Å². The number of nitrogen functional groups attached to an aromatic ring is 1. The number of nitrogens with one attached hydrogen (secondary N) is 1. The van der Waals surface area contributed by atoms with Gasteiger partial charge >= 0.3 is 0 Å². The lowest BCUT2D eigenvalue weighted by Gasteiger charge is -2.12. The summed E-state index contributed by atoms with van der Waals surface area (Å²) in [6, 6.07) is 14.1. The third-order valence-corrected chi connectivity index (χ3v) is 7.29. The van der Waals surface area contributed by atoms with Gasteiger partial charge in [0.1, 0.15) is 17.1 Å². The second-order valence-electron chi connectivity index (χ2n) is 8.18. The number of unbranched alkanes of at least 4 members (excludes halogenated alkanes) is 1. The molecule has 0 aliphatic heterocycles. The topological polar surface area (TPSA) is 121 Å². The number of nitrogens with zero attached hydrogens (tertiary/aromatic N) is 3. The van der Waals surface area contributed by atoms with E-state index in [-0.39, 0.29) is 18.0 Å². The molecular weight excluding hydrogens is 466 g/mol. The van der Waals surface area contributed by atoms with Crippen molar-refractivity contribution in [3.63, 3.8) is 0 Å². The lowest BCUT2D eigenvalue weighted by Crippen LogP contribution is -2.27. The third kappa shape index (κ3) is 5.55. The van der Waals surface area contributed by atoms with Crippen LogP contribution in [0.25, 0.3) is 21.9 Å². The smallest absolute Gasteiger partial charge is 0.240 e. The number of pyridine rings is 1. The van der Waals surface area contributed by atoms with E-state index in [4.69, 9.17) is 20.2 Å². The lowest BCUT2D eigenvalue weighted by atomic mass is 10.2. The zero-order valence-electron chi connectivity index (χ0n) is 20.0. The minimum absolute atomic E-state index is 0.168. The van der Waals surface area contributed by atoms with Gasteiger partial charge in [0.25, 0.3) is 0 Å². The summed E-state index contributed by atoms with van der Waals surface area (Å²) in [4.78, 5) is 9.51. The van der Waals surface area contributed by atoms with Crippen molar-refractivity contribution in [2.24, 2.45) is 0 Å². The standard InChI is InChI=1S/C25H31N5O4S/c1-3-4-9-22-29-23-24(20-7-5-6-8-21(20)28-25(23)26)30(22)15-17-34-16-14-27-35(31,32)19-12-10-18(33-2)11-13-19/h5-8,10-13,27H,3-4,9,14-17H2,1-2H3,(H2,26,28). The number of rotatable bonds is 12. The number of hydrogen-bond donors (Lipinski definition) is 2. The van der Waals surface area contributed by atoms with Gasteiger partial charge in [-0.1, -0.05) is 31.5 Å². The Morgan fingerprint density at radius 2 is 1.83 bits per heavy atom. The van der Waals surface area contributed by atoms with E-state index < -0.39 is 10.0 Å². The first-order chi connectivity index (χ1) is 16.9. The highest BCUT2D eigenvalue weighted by Gasteiger charge is 2.17. The van der Waals surface area contributed by atoms with E-state index in [2.05, 4.69) is 21.2 Å². The Balaban J connectivity index is 1.42. The van der Waals surface area contributed by atoms with E-state index in [0.717, 1.165) is 41.5 Å². The van der Waals surface area contributed by atoms with E-state index in [1.807, 2.05) is 24.3 Å². The highest BCUT2D eigenvalue weighted by atomic mass is 32.2. The number of imidazole rings is 1. The zero-order valence-corrected chi connectivity index (χ0v) is 20.8. The van der Waals surface area contributed by atoms with Gasteiger partial charge in [0.05, 0.1) is 36.3 Å². The summed E-state index contributed by atoms with van der Waals surface area (Å²) in [5.74, 6) is 1.97. The van der Waals surface area contributed by atoms with Crippen LogP contribution in [0.15, 0.2) is 53.4 Å². The highest BCUT2D eigenvalue weighted by molar-refractivity contribution is 7.89. The quantitative estimate of drug-likeness (QED) is 0.287. The lowest BCUT2D eigenvalue weighted by molar-refractivity contribution is 0.131. The van der Waals surface area contributed by atoms with Crippen LogP contribution < -0.4 is 15.2 Å². The molecule has 0 saturated heterocycles. The minimum atomic E-state index is -3.61. The largest absolute Gasteiger partial charge is 0.497 e. The number of sulfonamides is 1. The summed E-state index contributed by atoms with van der Waals surface area (Å²) in [7, 11) is -2.08. The first-order valence-electron chi connectivity index (χ1n) is 11.7. The minimum Gasteiger partial charge on any atom is -0.497 e. The molecule has 9 nitrogen and oxygen atoms in total. The molecule has 0 bridgehead atoms. The first kappa shape index (κ1) is 24.9. The summed E-state index contributed by atoms with van der Waals surface area (Å²) in [6.45, 7) is 3.55. The van der Waals surface area contributed by atoms with E-state index in [1.54, 1.807) is 12.1 Å². The van der Waals surface area contributed by atoms with Crippen molar-refractivity contribution in [1.29, 1.82) is 0 Å². The molecule has 0 atom stereocenters. The predicted octanol–water partition coefficient (Wildman–Crippen LogP) is 3.51. The number of nitrogens with two attached hydrogens (primary N) is 1. The maximum Gasteiger partial charge on any atom is 0.240 e. The third-order valence-electron chi connectivity index (χ3n) is 5.81. The average molecular weight is 498 g/mol. The molecule has 10 heteroatoms. The van der Waals surface area contributed by atoms with E-state index in [0.29, 0.717) is 30.2 Å². The van der Waals surface area contributed by atoms with Crippen molar-refractivity contribution in [3.8, 4) is 5.75 Å².